The fraction of sp³-hybridized carbons (Fsp3) is 0.857. The fourth-order valence-electron chi connectivity index (χ4n) is 2.44. The molecule has 0 bridgehead atoms. The zero-order valence-corrected chi connectivity index (χ0v) is 12.3. The van der Waals surface area contributed by atoms with Gasteiger partial charge in [0.1, 0.15) is 0 Å². The molecule has 2 atom stereocenters. The van der Waals surface area contributed by atoms with Crippen LogP contribution in [0.2, 0.25) is 0 Å². The fourth-order valence-corrected chi connectivity index (χ4v) is 2.44. The molecule has 0 aliphatic carbocycles. The highest BCUT2D eigenvalue weighted by molar-refractivity contribution is 5.76. The molecule has 0 aromatic carbocycles. The van der Waals surface area contributed by atoms with E-state index < -0.39 is 11.9 Å². The molecule has 0 aromatic rings. The van der Waals surface area contributed by atoms with Gasteiger partial charge in [-0.2, -0.15) is 0 Å². The molecule has 1 heterocycles. The Labute approximate surface area is 120 Å². The molecule has 0 spiro atoms. The van der Waals surface area contributed by atoms with Gasteiger partial charge in [-0.3, -0.25) is 4.79 Å². The molecule has 0 saturated carbocycles. The summed E-state index contributed by atoms with van der Waals surface area (Å²) in [6, 6.07) is -0.228. The van der Waals surface area contributed by atoms with Crippen LogP contribution in [0.5, 0.6) is 0 Å². The Morgan fingerprint density at radius 1 is 1.30 bits per heavy atom. The topological polar surface area (TPSA) is 89.9 Å². The summed E-state index contributed by atoms with van der Waals surface area (Å²) in [6.07, 6.45) is 2.30. The van der Waals surface area contributed by atoms with Crippen molar-refractivity contribution in [1.29, 1.82) is 0 Å². The zero-order chi connectivity index (χ0) is 15.1. The molecule has 20 heavy (non-hydrogen) atoms. The van der Waals surface area contributed by atoms with Gasteiger partial charge in [0.2, 0.25) is 0 Å². The van der Waals surface area contributed by atoms with Crippen LogP contribution in [0.3, 0.4) is 0 Å². The number of rotatable bonds is 5. The van der Waals surface area contributed by atoms with Crippen molar-refractivity contribution in [3.63, 3.8) is 0 Å². The monoisotopic (exact) mass is 286 g/mol. The van der Waals surface area contributed by atoms with Gasteiger partial charge in [-0.25, -0.2) is 4.79 Å². The third-order valence-corrected chi connectivity index (χ3v) is 3.59. The minimum Gasteiger partial charge on any atom is -0.481 e. The number of aliphatic carboxylic acids is 1. The number of hydrogen-bond acceptors (Lipinski definition) is 3. The summed E-state index contributed by atoms with van der Waals surface area (Å²) in [5, 5.41) is 21.4. The number of carbonyl (C=O) groups is 2. The predicted octanol–water partition coefficient (Wildman–Crippen LogP) is 1.29. The van der Waals surface area contributed by atoms with Crippen molar-refractivity contribution in [2.45, 2.75) is 45.6 Å². The maximum atomic E-state index is 12.0. The summed E-state index contributed by atoms with van der Waals surface area (Å²) in [5.41, 5.74) is 0. The van der Waals surface area contributed by atoms with Gasteiger partial charge >= 0.3 is 12.0 Å². The first-order valence-electron chi connectivity index (χ1n) is 7.33. The van der Waals surface area contributed by atoms with Crippen LogP contribution < -0.4 is 5.32 Å². The minimum atomic E-state index is -0.870. The number of likely N-dealkylation sites (tertiary alicyclic amines) is 1. The zero-order valence-electron chi connectivity index (χ0n) is 12.3. The van der Waals surface area contributed by atoms with Crippen molar-refractivity contribution in [1.82, 2.24) is 10.2 Å². The molecule has 2 amide bonds. The van der Waals surface area contributed by atoms with E-state index in [-0.39, 0.29) is 24.6 Å². The maximum Gasteiger partial charge on any atom is 0.317 e. The molecule has 0 radical (unpaired) electrons. The van der Waals surface area contributed by atoms with Gasteiger partial charge in [0, 0.05) is 19.6 Å². The standard InChI is InChI=1S/C14H26N2O4/c1-10(2)8-11(13(18)19)9-15-14(20)16-6-3-4-12(17)5-7-16/h10-12,17H,3-9H2,1-2H3,(H,15,20)(H,18,19). The molecule has 1 rings (SSSR count). The van der Waals surface area contributed by atoms with Gasteiger partial charge in [-0.1, -0.05) is 13.8 Å². The number of aliphatic hydroxyl groups excluding tert-OH is 1. The SMILES string of the molecule is CC(C)CC(CNC(=O)N1CCCC(O)CC1)C(=O)O. The quantitative estimate of drug-likeness (QED) is 0.710. The molecule has 1 fully saturated rings. The van der Waals surface area contributed by atoms with Crippen LogP contribution in [0.15, 0.2) is 0 Å². The lowest BCUT2D eigenvalue weighted by molar-refractivity contribution is -0.142. The van der Waals surface area contributed by atoms with Crippen LogP contribution in [0.25, 0.3) is 0 Å². The first kappa shape index (κ1) is 16.8. The normalized spacial score (nSPS) is 21.4. The highest BCUT2D eigenvalue weighted by Crippen LogP contribution is 2.13. The van der Waals surface area contributed by atoms with E-state index in [9.17, 15) is 14.7 Å². The van der Waals surface area contributed by atoms with E-state index in [0.717, 1.165) is 12.8 Å². The Bertz CT molecular complexity index is 333. The smallest absolute Gasteiger partial charge is 0.317 e. The van der Waals surface area contributed by atoms with E-state index in [2.05, 4.69) is 5.32 Å². The van der Waals surface area contributed by atoms with Crippen molar-refractivity contribution in [2.75, 3.05) is 19.6 Å². The van der Waals surface area contributed by atoms with Gasteiger partial charge in [0.05, 0.1) is 12.0 Å². The molecular formula is C14H26N2O4. The van der Waals surface area contributed by atoms with Crippen LogP contribution in [0, 0.1) is 11.8 Å². The van der Waals surface area contributed by atoms with Crippen molar-refractivity contribution < 1.29 is 19.8 Å². The molecule has 1 saturated heterocycles. The maximum absolute atomic E-state index is 12.0. The van der Waals surface area contributed by atoms with Crippen LogP contribution in [-0.4, -0.2) is 52.9 Å². The molecule has 116 valence electrons. The van der Waals surface area contributed by atoms with E-state index >= 15 is 0 Å². The molecule has 2 unspecified atom stereocenters. The molecule has 3 N–H and O–H groups in total. The van der Waals surface area contributed by atoms with E-state index in [1.165, 1.54) is 0 Å². The lowest BCUT2D eigenvalue weighted by Gasteiger charge is -2.22. The number of nitrogens with one attached hydrogen (secondary N) is 1. The second-order valence-corrected chi connectivity index (χ2v) is 5.92. The first-order valence-corrected chi connectivity index (χ1v) is 7.33. The molecule has 0 aromatic heterocycles. The lowest BCUT2D eigenvalue weighted by Crippen LogP contribution is -2.43. The van der Waals surface area contributed by atoms with Crippen LogP contribution >= 0.6 is 0 Å². The number of urea groups is 1. The summed E-state index contributed by atoms with van der Waals surface area (Å²) < 4.78 is 0. The Kier molecular flexibility index (Phi) is 6.78. The van der Waals surface area contributed by atoms with Crippen molar-refractivity contribution in [3.8, 4) is 0 Å². The van der Waals surface area contributed by atoms with E-state index in [1.54, 1.807) is 4.90 Å². The number of hydrogen-bond donors (Lipinski definition) is 3. The Morgan fingerprint density at radius 2 is 2.00 bits per heavy atom. The number of nitrogens with zero attached hydrogens (tertiary/aromatic N) is 1. The number of amides is 2. The van der Waals surface area contributed by atoms with E-state index in [1.807, 2.05) is 13.8 Å². The van der Waals surface area contributed by atoms with Crippen molar-refractivity contribution in [2.24, 2.45) is 11.8 Å². The van der Waals surface area contributed by atoms with Gasteiger partial charge in [0.25, 0.3) is 0 Å². The lowest BCUT2D eigenvalue weighted by atomic mass is 9.97. The third kappa shape index (κ3) is 5.77. The summed E-state index contributed by atoms with van der Waals surface area (Å²) >= 11 is 0. The van der Waals surface area contributed by atoms with Crippen molar-refractivity contribution in [3.05, 3.63) is 0 Å². The Balaban J connectivity index is 2.42. The summed E-state index contributed by atoms with van der Waals surface area (Å²) in [7, 11) is 0. The first-order chi connectivity index (χ1) is 9.40. The summed E-state index contributed by atoms with van der Waals surface area (Å²) in [4.78, 5) is 24.8. The molecule has 1 aliphatic rings. The second kappa shape index (κ2) is 8.09. The van der Waals surface area contributed by atoms with Crippen LogP contribution in [-0.2, 0) is 4.79 Å². The third-order valence-electron chi connectivity index (χ3n) is 3.59. The summed E-state index contributed by atoms with van der Waals surface area (Å²) in [6.45, 7) is 5.23. The van der Waals surface area contributed by atoms with Crippen LogP contribution in [0.4, 0.5) is 4.79 Å². The highest BCUT2D eigenvalue weighted by atomic mass is 16.4. The molecule has 6 heteroatoms. The van der Waals surface area contributed by atoms with Crippen LogP contribution in [0.1, 0.15) is 39.5 Å². The average Bonchev–Trinajstić information content (AvgIpc) is 2.58. The Hall–Kier alpha value is -1.30. The number of carboxylic acid groups (broad SMARTS) is 1. The molecule has 6 nitrogen and oxygen atoms in total. The van der Waals surface area contributed by atoms with Gasteiger partial charge in [-0.05, 0) is 31.6 Å². The molecule has 1 aliphatic heterocycles. The average molecular weight is 286 g/mol. The number of carbonyl (C=O) groups excluding carboxylic acids is 1. The number of aliphatic hydroxyl groups is 1. The van der Waals surface area contributed by atoms with E-state index in [4.69, 9.17) is 5.11 Å². The van der Waals surface area contributed by atoms with Gasteiger partial charge in [0.15, 0.2) is 0 Å². The van der Waals surface area contributed by atoms with Crippen molar-refractivity contribution >= 4 is 12.0 Å². The second-order valence-electron chi connectivity index (χ2n) is 5.92. The minimum absolute atomic E-state index is 0.158. The van der Waals surface area contributed by atoms with Gasteiger partial charge < -0.3 is 20.4 Å². The number of carboxylic acids is 1. The molecular weight excluding hydrogens is 260 g/mol. The highest BCUT2D eigenvalue weighted by Gasteiger charge is 2.23. The van der Waals surface area contributed by atoms with E-state index in [0.29, 0.717) is 25.9 Å². The summed E-state index contributed by atoms with van der Waals surface area (Å²) in [5.74, 6) is -1.14. The Morgan fingerprint density at radius 3 is 2.60 bits per heavy atom. The van der Waals surface area contributed by atoms with Gasteiger partial charge in [-0.15, -0.1) is 0 Å². The predicted molar refractivity (Wildman–Crippen MR) is 75.4 cm³/mol. The largest absolute Gasteiger partial charge is 0.481 e.